The van der Waals surface area contributed by atoms with E-state index in [-0.39, 0.29) is 5.54 Å². The summed E-state index contributed by atoms with van der Waals surface area (Å²) >= 11 is 0. The molecular formula is C16H26N2O. The third-order valence-corrected chi connectivity index (χ3v) is 4.10. The molecule has 0 aromatic heterocycles. The number of hydrogen-bond donors (Lipinski definition) is 2. The fourth-order valence-corrected chi connectivity index (χ4v) is 2.78. The molecule has 0 aliphatic carbocycles. The molecule has 1 aromatic carbocycles. The van der Waals surface area contributed by atoms with Crippen LogP contribution in [0.15, 0.2) is 24.3 Å². The highest BCUT2D eigenvalue weighted by Gasteiger charge is 2.30. The van der Waals surface area contributed by atoms with E-state index in [2.05, 4.69) is 42.7 Å². The van der Waals surface area contributed by atoms with Crippen molar-refractivity contribution in [2.45, 2.75) is 32.2 Å². The number of hydrogen-bond acceptors (Lipinski definition) is 3. The van der Waals surface area contributed by atoms with Gasteiger partial charge in [0, 0.05) is 30.7 Å². The lowest BCUT2D eigenvalue weighted by atomic mass is 9.86. The van der Waals surface area contributed by atoms with Gasteiger partial charge in [0.1, 0.15) is 5.75 Å². The summed E-state index contributed by atoms with van der Waals surface area (Å²) in [6.07, 6.45) is 2.28. The molecular weight excluding hydrogens is 236 g/mol. The lowest BCUT2D eigenvalue weighted by Gasteiger charge is -2.36. The van der Waals surface area contributed by atoms with Gasteiger partial charge in [0.25, 0.3) is 0 Å². The van der Waals surface area contributed by atoms with Crippen molar-refractivity contribution in [3.8, 4) is 5.75 Å². The van der Waals surface area contributed by atoms with E-state index in [1.807, 2.05) is 6.07 Å². The number of ether oxygens (including phenoxy) is 1. The van der Waals surface area contributed by atoms with Gasteiger partial charge in [0.05, 0.1) is 7.11 Å². The minimum absolute atomic E-state index is 0.00303. The van der Waals surface area contributed by atoms with E-state index in [4.69, 9.17) is 4.74 Å². The molecule has 0 saturated carbocycles. The van der Waals surface area contributed by atoms with Crippen LogP contribution in [0.5, 0.6) is 5.75 Å². The van der Waals surface area contributed by atoms with Crippen molar-refractivity contribution in [2.24, 2.45) is 5.92 Å². The maximum Gasteiger partial charge on any atom is 0.123 e. The maximum absolute atomic E-state index is 5.53. The van der Waals surface area contributed by atoms with Gasteiger partial charge in [-0.3, -0.25) is 0 Å². The third kappa shape index (κ3) is 3.28. The summed E-state index contributed by atoms with van der Waals surface area (Å²) in [4.78, 5) is 0. The molecule has 0 amide bonds. The van der Waals surface area contributed by atoms with Gasteiger partial charge in [-0.15, -0.1) is 0 Å². The predicted octanol–water partition coefficient (Wildman–Crippen LogP) is 2.52. The van der Waals surface area contributed by atoms with E-state index in [0.29, 0.717) is 0 Å². The number of methoxy groups -OCH3 is 1. The molecule has 3 heteroatoms. The van der Waals surface area contributed by atoms with Crippen LogP contribution >= 0.6 is 0 Å². The monoisotopic (exact) mass is 262 g/mol. The maximum atomic E-state index is 5.53. The highest BCUT2D eigenvalue weighted by atomic mass is 16.5. The molecule has 0 bridgehead atoms. The average Bonchev–Trinajstić information content (AvgIpc) is 2.37. The molecule has 2 rings (SSSR count). The van der Waals surface area contributed by atoms with Gasteiger partial charge in [0.15, 0.2) is 0 Å². The Kier molecular flexibility index (Phi) is 4.83. The zero-order valence-electron chi connectivity index (χ0n) is 12.3. The van der Waals surface area contributed by atoms with Gasteiger partial charge >= 0.3 is 0 Å². The van der Waals surface area contributed by atoms with Crippen molar-refractivity contribution in [3.63, 3.8) is 0 Å². The first-order valence-corrected chi connectivity index (χ1v) is 7.29. The van der Waals surface area contributed by atoms with Crippen LogP contribution in [0.3, 0.4) is 0 Å². The van der Waals surface area contributed by atoms with Gasteiger partial charge in [-0.05, 0) is 25.3 Å². The standard InChI is InChI=1S/C16H26N2O/c1-4-9-16(2,18-12-13-10-17-11-13)14-7-5-6-8-15(14)19-3/h5-8,13,17-18H,4,9-12H2,1-3H3. The second kappa shape index (κ2) is 6.40. The first kappa shape index (κ1) is 14.4. The molecule has 1 heterocycles. The fraction of sp³-hybridized carbons (Fsp3) is 0.625. The van der Waals surface area contributed by atoms with Crippen LogP contribution in [0, 0.1) is 5.92 Å². The molecule has 1 aromatic rings. The van der Waals surface area contributed by atoms with Gasteiger partial charge in [-0.2, -0.15) is 0 Å². The number of rotatable bonds is 7. The largest absolute Gasteiger partial charge is 0.496 e. The Morgan fingerprint density at radius 1 is 1.37 bits per heavy atom. The first-order chi connectivity index (χ1) is 9.19. The topological polar surface area (TPSA) is 33.3 Å². The van der Waals surface area contributed by atoms with Gasteiger partial charge in [0.2, 0.25) is 0 Å². The number of nitrogens with one attached hydrogen (secondary N) is 2. The highest BCUT2D eigenvalue weighted by molar-refractivity contribution is 5.38. The summed E-state index contributed by atoms with van der Waals surface area (Å²) < 4.78 is 5.53. The second-order valence-electron chi connectivity index (χ2n) is 5.69. The van der Waals surface area contributed by atoms with Crippen molar-refractivity contribution in [1.29, 1.82) is 0 Å². The van der Waals surface area contributed by atoms with Gasteiger partial charge in [-0.1, -0.05) is 31.5 Å². The number of para-hydroxylation sites is 1. The Hall–Kier alpha value is -1.06. The zero-order chi connectivity index (χ0) is 13.7. The van der Waals surface area contributed by atoms with Gasteiger partial charge < -0.3 is 15.4 Å². The van der Waals surface area contributed by atoms with Gasteiger partial charge in [-0.25, -0.2) is 0 Å². The van der Waals surface area contributed by atoms with Crippen molar-refractivity contribution in [1.82, 2.24) is 10.6 Å². The summed E-state index contributed by atoms with van der Waals surface area (Å²) in [7, 11) is 1.75. The van der Waals surface area contributed by atoms with E-state index in [0.717, 1.165) is 44.1 Å². The highest BCUT2D eigenvalue weighted by Crippen LogP contribution is 2.33. The molecule has 1 atom stereocenters. The Balaban J connectivity index is 2.15. The Bertz CT molecular complexity index is 403. The van der Waals surface area contributed by atoms with E-state index in [1.165, 1.54) is 5.56 Å². The van der Waals surface area contributed by atoms with Crippen molar-refractivity contribution in [2.75, 3.05) is 26.7 Å². The van der Waals surface area contributed by atoms with Crippen molar-refractivity contribution >= 4 is 0 Å². The lowest BCUT2D eigenvalue weighted by Crippen LogP contribution is -2.51. The Labute approximate surface area is 116 Å². The number of benzene rings is 1. The molecule has 0 spiro atoms. The van der Waals surface area contributed by atoms with E-state index >= 15 is 0 Å². The van der Waals surface area contributed by atoms with Crippen LogP contribution in [0.4, 0.5) is 0 Å². The van der Waals surface area contributed by atoms with Crippen LogP contribution < -0.4 is 15.4 Å². The molecule has 1 fully saturated rings. The first-order valence-electron chi connectivity index (χ1n) is 7.29. The quantitative estimate of drug-likeness (QED) is 0.792. The SMILES string of the molecule is CCCC(C)(NCC1CNC1)c1ccccc1OC. The summed E-state index contributed by atoms with van der Waals surface area (Å²) in [5, 5.41) is 7.10. The Morgan fingerprint density at radius 2 is 2.11 bits per heavy atom. The molecule has 1 saturated heterocycles. The average molecular weight is 262 g/mol. The molecule has 1 aliphatic rings. The van der Waals surface area contributed by atoms with Crippen molar-refractivity contribution in [3.05, 3.63) is 29.8 Å². The molecule has 0 radical (unpaired) electrons. The van der Waals surface area contributed by atoms with Crippen LogP contribution in [0.1, 0.15) is 32.3 Å². The normalized spacial score (nSPS) is 18.7. The van der Waals surface area contributed by atoms with Crippen LogP contribution in [-0.4, -0.2) is 26.7 Å². The summed E-state index contributed by atoms with van der Waals surface area (Å²) in [5.74, 6) is 1.75. The second-order valence-corrected chi connectivity index (χ2v) is 5.69. The fourth-order valence-electron chi connectivity index (χ4n) is 2.78. The predicted molar refractivity (Wildman–Crippen MR) is 79.6 cm³/mol. The lowest BCUT2D eigenvalue weighted by molar-refractivity contribution is 0.257. The molecule has 1 unspecified atom stereocenters. The molecule has 106 valence electrons. The minimum Gasteiger partial charge on any atom is -0.496 e. The van der Waals surface area contributed by atoms with Crippen LogP contribution in [0.25, 0.3) is 0 Å². The van der Waals surface area contributed by atoms with E-state index < -0.39 is 0 Å². The van der Waals surface area contributed by atoms with E-state index in [1.54, 1.807) is 7.11 Å². The summed E-state index contributed by atoms with van der Waals surface area (Å²) in [6.45, 7) is 7.88. The van der Waals surface area contributed by atoms with Crippen LogP contribution in [0.2, 0.25) is 0 Å². The zero-order valence-corrected chi connectivity index (χ0v) is 12.3. The Morgan fingerprint density at radius 3 is 2.68 bits per heavy atom. The summed E-state index contributed by atoms with van der Waals surface area (Å²) in [6, 6.07) is 8.36. The van der Waals surface area contributed by atoms with Crippen molar-refractivity contribution < 1.29 is 4.74 Å². The van der Waals surface area contributed by atoms with E-state index in [9.17, 15) is 0 Å². The molecule has 2 N–H and O–H groups in total. The smallest absolute Gasteiger partial charge is 0.123 e. The molecule has 3 nitrogen and oxygen atoms in total. The third-order valence-electron chi connectivity index (χ3n) is 4.10. The molecule has 1 aliphatic heterocycles. The van der Waals surface area contributed by atoms with Crippen LogP contribution in [-0.2, 0) is 5.54 Å². The molecule has 19 heavy (non-hydrogen) atoms. The minimum atomic E-state index is -0.00303. The summed E-state index contributed by atoms with van der Waals surface area (Å²) in [5.41, 5.74) is 1.27.